The highest BCUT2D eigenvalue weighted by molar-refractivity contribution is 7.89. The van der Waals surface area contributed by atoms with Crippen LogP contribution in [-0.2, 0) is 14.8 Å². The minimum absolute atomic E-state index is 0.00853. The molecule has 0 unspecified atom stereocenters. The fourth-order valence-electron chi connectivity index (χ4n) is 3.46. The second-order valence-electron chi connectivity index (χ2n) is 7.02. The smallest absolute Gasteiger partial charge is 0.411 e. The number of benzene rings is 2. The number of anilines is 1. The fourth-order valence-corrected chi connectivity index (χ4v) is 4.92. The molecule has 8 nitrogen and oxygen atoms in total. The van der Waals surface area contributed by atoms with Crippen LogP contribution >= 0.6 is 0 Å². The normalized spacial score (nSPS) is 19.0. The second kappa shape index (κ2) is 9.82. The summed E-state index contributed by atoms with van der Waals surface area (Å²) in [6, 6.07) is 13.3. The molecule has 1 aliphatic rings. The summed E-state index contributed by atoms with van der Waals surface area (Å²) in [6.07, 6.45) is 1.56. The number of carbonyl (C=O) groups excluding carboxylic acids is 1. The number of nitrogens with one attached hydrogen (secondary N) is 2. The first-order valence-electron chi connectivity index (χ1n) is 9.68. The van der Waals surface area contributed by atoms with Crippen LogP contribution in [0.2, 0.25) is 0 Å². The van der Waals surface area contributed by atoms with Crippen LogP contribution < -0.4 is 19.5 Å². The first kappa shape index (κ1) is 21.9. The zero-order valence-corrected chi connectivity index (χ0v) is 17.8. The minimum Gasteiger partial charge on any atom is -0.497 e. The van der Waals surface area contributed by atoms with Crippen molar-refractivity contribution < 1.29 is 27.4 Å². The van der Waals surface area contributed by atoms with Gasteiger partial charge in [0.15, 0.2) is 0 Å². The van der Waals surface area contributed by atoms with Gasteiger partial charge >= 0.3 is 6.09 Å². The molecule has 162 valence electrons. The van der Waals surface area contributed by atoms with Crippen molar-refractivity contribution in [2.75, 3.05) is 19.5 Å². The number of amides is 1. The van der Waals surface area contributed by atoms with E-state index >= 15 is 0 Å². The maximum absolute atomic E-state index is 13.0. The molecule has 9 heteroatoms. The topological polar surface area (TPSA) is 103 Å². The molecule has 2 aromatic carbocycles. The molecule has 1 fully saturated rings. The maximum atomic E-state index is 13.0. The Morgan fingerprint density at radius 1 is 1.03 bits per heavy atom. The quantitative estimate of drug-likeness (QED) is 0.691. The molecule has 0 heterocycles. The number of methoxy groups -OCH3 is 2. The molecular formula is C21H26N2O6S. The molecule has 0 aromatic heterocycles. The van der Waals surface area contributed by atoms with Crippen LogP contribution in [0.4, 0.5) is 10.5 Å². The summed E-state index contributed by atoms with van der Waals surface area (Å²) in [6.45, 7) is 0. The molecule has 2 atom stereocenters. The van der Waals surface area contributed by atoms with Gasteiger partial charge in [-0.1, -0.05) is 18.2 Å². The second-order valence-corrected chi connectivity index (χ2v) is 8.70. The summed E-state index contributed by atoms with van der Waals surface area (Å²) in [7, 11) is -0.966. The standard InChI is InChI=1S/C21H26N2O6S/c1-27-17-11-12-19(28-2)20(14-17)30(25,26)23-16-9-6-10-18(13-16)29-21(24)22-15-7-4-3-5-8-15/h3-5,7-8,11-12,14,16,18,23H,6,9-10,13H2,1-2H3,(H,22,24)/t16-,18+/m1/s1. The molecular weight excluding hydrogens is 408 g/mol. The Balaban J connectivity index is 1.63. The van der Waals surface area contributed by atoms with Gasteiger partial charge in [0.2, 0.25) is 10.0 Å². The number of ether oxygens (including phenoxy) is 3. The van der Waals surface area contributed by atoms with E-state index in [1.54, 1.807) is 24.3 Å². The van der Waals surface area contributed by atoms with Crippen LogP contribution in [0, 0.1) is 0 Å². The fraction of sp³-hybridized carbons (Fsp3) is 0.381. The summed E-state index contributed by atoms with van der Waals surface area (Å²) < 4.78 is 44.5. The van der Waals surface area contributed by atoms with Crippen molar-refractivity contribution in [2.45, 2.75) is 42.7 Å². The average molecular weight is 435 g/mol. The van der Waals surface area contributed by atoms with Crippen molar-refractivity contribution in [1.29, 1.82) is 0 Å². The van der Waals surface area contributed by atoms with Crippen LogP contribution in [0.1, 0.15) is 25.7 Å². The summed E-state index contributed by atoms with van der Waals surface area (Å²) in [5.41, 5.74) is 0.640. The number of para-hydroxylation sites is 1. The summed E-state index contributed by atoms with van der Waals surface area (Å²) in [5.74, 6) is 0.646. The first-order valence-corrected chi connectivity index (χ1v) is 11.2. The van der Waals surface area contributed by atoms with Gasteiger partial charge in [-0.2, -0.15) is 0 Å². The van der Waals surface area contributed by atoms with Gasteiger partial charge in [0.05, 0.1) is 14.2 Å². The maximum Gasteiger partial charge on any atom is 0.411 e. The third-order valence-electron chi connectivity index (χ3n) is 4.90. The molecule has 1 aliphatic carbocycles. The Bertz CT molecular complexity index is 965. The van der Waals surface area contributed by atoms with E-state index in [1.807, 2.05) is 18.2 Å². The van der Waals surface area contributed by atoms with Crippen molar-refractivity contribution in [3.05, 3.63) is 48.5 Å². The van der Waals surface area contributed by atoms with Crippen molar-refractivity contribution in [1.82, 2.24) is 4.72 Å². The molecule has 3 rings (SSSR count). The number of sulfonamides is 1. The van der Waals surface area contributed by atoms with Gasteiger partial charge in [-0.3, -0.25) is 5.32 Å². The highest BCUT2D eigenvalue weighted by Gasteiger charge is 2.30. The molecule has 30 heavy (non-hydrogen) atoms. The van der Waals surface area contributed by atoms with E-state index in [9.17, 15) is 13.2 Å². The molecule has 1 saturated carbocycles. The van der Waals surface area contributed by atoms with E-state index in [0.717, 1.165) is 6.42 Å². The lowest BCUT2D eigenvalue weighted by molar-refractivity contribution is 0.0793. The number of carbonyl (C=O) groups is 1. The number of hydrogen-bond donors (Lipinski definition) is 2. The van der Waals surface area contributed by atoms with Gasteiger partial charge in [0.25, 0.3) is 0 Å². The van der Waals surface area contributed by atoms with E-state index in [0.29, 0.717) is 30.7 Å². The molecule has 1 amide bonds. The van der Waals surface area contributed by atoms with Crippen molar-refractivity contribution in [3.63, 3.8) is 0 Å². The zero-order valence-electron chi connectivity index (χ0n) is 17.0. The highest BCUT2D eigenvalue weighted by Crippen LogP contribution is 2.30. The SMILES string of the molecule is COc1ccc(OC)c(S(=O)(=O)N[C@@H]2CCC[C@H](OC(=O)Nc3ccccc3)C2)c1. The predicted molar refractivity (Wildman–Crippen MR) is 112 cm³/mol. The van der Waals surface area contributed by atoms with Gasteiger partial charge in [-0.05, 0) is 43.5 Å². The predicted octanol–water partition coefficient (Wildman–Crippen LogP) is 3.54. The van der Waals surface area contributed by atoms with E-state index in [2.05, 4.69) is 10.0 Å². The van der Waals surface area contributed by atoms with Gasteiger partial charge in [-0.15, -0.1) is 0 Å². The number of hydrogen-bond acceptors (Lipinski definition) is 6. The Kier molecular flexibility index (Phi) is 7.17. The first-order chi connectivity index (χ1) is 14.4. The number of rotatable bonds is 7. The average Bonchev–Trinajstić information content (AvgIpc) is 2.73. The molecule has 0 aliphatic heterocycles. The van der Waals surface area contributed by atoms with E-state index < -0.39 is 16.1 Å². The monoisotopic (exact) mass is 434 g/mol. The van der Waals surface area contributed by atoms with Crippen molar-refractivity contribution >= 4 is 21.8 Å². The Morgan fingerprint density at radius 2 is 1.80 bits per heavy atom. The molecule has 0 bridgehead atoms. The lowest BCUT2D eigenvalue weighted by Gasteiger charge is -2.29. The van der Waals surface area contributed by atoms with Gasteiger partial charge in [-0.25, -0.2) is 17.9 Å². The summed E-state index contributed by atoms with van der Waals surface area (Å²) >= 11 is 0. The lowest BCUT2D eigenvalue weighted by atomic mass is 9.94. The largest absolute Gasteiger partial charge is 0.497 e. The Labute approximate surface area is 176 Å². The van der Waals surface area contributed by atoms with Gasteiger partial charge < -0.3 is 14.2 Å². The third kappa shape index (κ3) is 5.64. The summed E-state index contributed by atoms with van der Waals surface area (Å²) in [4.78, 5) is 12.2. The van der Waals surface area contributed by atoms with Crippen LogP contribution in [0.5, 0.6) is 11.5 Å². The van der Waals surface area contributed by atoms with E-state index in [1.165, 1.54) is 20.3 Å². The Hall–Kier alpha value is -2.78. The molecule has 0 saturated heterocycles. The van der Waals surface area contributed by atoms with Crippen LogP contribution in [0.3, 0.4) is 0 Å². The van der Waals surface area contributed by atoms with E-state index in [-0.39, 0.29) is 22.8 Å². The van der Waals surface area contributed by atoms with Crippen LogP contribution in [-0.4, -0.2) is 40.9 Å². The molecule has 0 radical (unpaired) electrons. The summed E-state index contributed by atoms with van der Waals surface area (Å²) in [5, 5.41) is 2.68. The van der Waals surface area contributed by atoms with Crippen LogP contribution in [0.25, 0.3) is 0 Å². The van der Waals surface area contributed by atoms with Crippen molar-refractivity contribution in [3.8, 4) is 11.5 Å². The molecule has 2 N–H and O–H groups in total. The van der Waals surface area contributed by atoms with Crippen LogP contribution in [0.15, 0.2) is 53.4 Å². The Morgan fingerprint density at radius 3 is 2.50 bits per heavy atom. The van der Waals surface area contributed by atoms with Gasteiger partial charge in [0.1, 0.15) is 22.5 Å². The lowest BCUT2D eigenvalue weighted by Crippen LogP contribution is -2.41. The minimum atomic E-state index is -3.85. The zero-order chi connectivity index (χ0) is 21.6. The van der Waals surface area contributed by atoms with E-state index in [4.69, 9.17) is 14.2 Å². The molecule has 2 aromatic rings. The van der Waals surface area contributed by atoms with Crippen molar-refractivity contribution in [2.24, 2.45) is 0 Å². The highest BCUT2D eigenvalue weighted by atomic mass is 32.2. The third-order valence-corrected chi connectivity index (χ3v) is 6.44. The molecule has 0 spiro atoms. The van der Waals surface area contributed by atoms with Gasteiger partial charge in [0, 0.05) is 24.2 Å².